The first-order valence-corrected chi connectivity index (χ1v) is 6.77. The molecule has 0 bridgehead atoms. The molecule has 3 N–H and O–H groups in total. The van der Waals surface area contributed by atoms with Gasteiger partial charge in [-0.15, -0.1) is 0 Å². The van der Waals surface area contributed by atoms with Crippen molar-refractivity contribution in [2.75, 3.05) is 5.32 Å². The van der Waals surface area contributed by atoms with E-state index in [0.29, 0.717) is 5.69 Å². The predicted octanol–water partition coefficient (Wildman–Crippen LogP) is 2.52. The Kier molecular flexibility index (Phi) is 4.34. The van der Waals surface area contributed by atoms with E-state index in [4.69, 9.17) is 18.0 Å². The van der Waals surface area contributed by atoms with Crippen LogP contribution in [0.2, 0.25) is 0 Å². The minimum atomic E-state index is -0.133. The molecule has 0 saturated carbocycles. The summed E-state index contributed by atoms with van der Waals surface area (Å²) in [7, 11) is 0. The van der Waals surface area contributed by atoms with Gasteiger partial charge in [0.05, 0.1) is 5.69 Å². The highest BCUT2D eigenvalue weighted by Gasteiger charge is 2.08. The fourth-order valence-corrected chi connectivity index (χ4v) is 2.28. The molecule has 0 atom stereocenters. The number of hydrogen-bond donors (Lipinski definition) is 2. The molecule has 2 aromatic rings. The molecule has 1 aromatic carbocycles. The van der Waals surface area contributed by atoms with Crippen molar-refractivity contribution in [2.24, 2.45) is 5.73 Å². The zero-order valence-corrected chi connectivity index (χ0v) is 12.4. The van der Waals surface area contributed by atoms with Crippen molar-refractivity contribution in [2.45, 2.75) is 6.54 Å². The smallest absolute Gasteiger partial charge is 0.244 e. The average molecular weight is 338 g/mol. The van der Waals surface area contributed by atoms with Crippen LogP contribution in [0.5, 0.6) is 0 Å². The lowest BCUT2D eigenvalue weighted by Gasteiger charge is -2.09. The van der Waals surface area contributed by atoms with Crippen LogP contribution >= 0.6 is 28.1 Å². The van der Waals surface area contributed by atoms with Gasteiger partial charge in [-0.25, -0.2) is 0 Å². The molecule has 2 rings (SSSR count). The fraction of sp³-hybridized carbons (Fsp3) is 0.0769. The van der Waals surface area contributed by atoms with Crippen molar-refractivity contribution in [3.63, 3.8) is 0 Å². The second-order valence-corrected chi connectivity index (χ2v) is 5.30. The average Bonchev–Trinajstić information content (AvgIpc) is 2.76. The molecule has 19 heavy (non-hydrogen) atoms. The van der Waals surface area contributed by atoms with Gasteiger partial charge >= 0.3 is 0 Å². The normalized spacial score (nSPS) is 10.2. The molecular formula is C13H12BrN3OS. The standard InChI is InChI=1S/C13H12BrN3OS/c14-9-3-1-4-10(7-9)16-12(18)8-17-6-2-5-11(17)13(15)19/h1-7H,8H2,(H2,15,19)(H,16,18). The number of carbonyl (C=O) groups excluding carboxylic acids is 1. The Bertz CT molecular complexity index is 624. The van der Waals surface area contributed by atoms with Crippen LogP contribution in [0.4, 0.5) is 5.69 Å². The van der Waals surface area contributed by atoms with Crippen molar-refractivity contribution in [1.82, 2.24) is 4.57 Å². The lowest BCUT2D eigenvalue weighted by atomic mass is 10.3. The lowest BCUT2D eigenvalue weighted by Crippen LogP contribution is -2.22. The molecule has 0 aliphatic carbocycles. The summed E-state index contributed by atoms with van der Waals surface area (Å²) in [6.45, 7) is 0.173. The number of rotatable bonds is 4. The van der Waals surface area contributed by atoms with E-state index in [-0.39, 0.29) is 17.4 Å². The number of nitrogens with one attached hydrogen (secondary N) is 1. The molecule has 1 heterocycles. The van der Waals surface area contributed by atoms with Gasteiger partial charge in [-0.2, -0.15) is 0 Å². The number of benzene rings is 1. The summed E-state index contributed by atoms with van der Waals surface area (Å²) in [6, 6.07) is 11.0. The Labute approximate surface area is 124 Å². The van der Waals surface area contributed by atoms with E-state index in [1.165, 1.54) is 0 Å². The molecule has 98 valence electrons. The lowest BCUT2D eigenvalue weighted by molar-refractivity contribution is -0.116. The summed E-state index contributed by atoms with van der Waals surface area (Å²) in [4.78, 5) is 12.2. The monoisotopic (exact) mass is 337 g/mol. The summed E-state index contributed by atoms with van der Waals surface area (Å²) >= 11 is 8.28. The molecular weight excluding hydrogens is 326 g/mol. The Morgan fingerprint density at radius 1 is 1.37 bits per heavy atom. The number of amides is 1. The van der Waals surface area contributed by atoms with Crippen LogP contribution in [0.1, 0.15) is 5.69 Å². The van der Waals surface area contributed by atoms with Crippen molar-refractivity contribution in [1.29, 1.82) is 0 Å². The number of thiocarbonyl (C=S) groups is 1. The molecule has 0 fully saturated rings. The van der Waals surface area contributed by atoms with Crippen LogP contribution in [0, 0.1) is 0 Å². The van der Waals surface area contributed by atoms with Crippen LogP contribution in [-0.4, -0.2) is 15.5 Å². The summed E-state index contributed by atoms with van der Waals surface area (Å²) < 4.78 is 2.63. The number of carbonyl (C=O) groups is 1. The Balaban J connectivity index is 2.05. The molecule has 0 aliphatic heterocycles. The minimum absolute atomic E-state index is 0.133. The van der Waals surface area contributed by atoms with Crippen molar-refractivity contribution < 1.29 is 4.79 Å². The summed E-state index contributed by atoms with van der Waals surface area (Å²) in [5.74, 6) is -0.133. The zero-order chi connectivity index (χ0) is 13.8. The Morgan fingerprint density at radius 3 is 2.84 bits per heavy atom. The van der Waals surface area contributed by atoms with Crippen molar-refractivity contribution in [3.05, 3.63) is 52.8 Å². The summed E-state index contributed by atoms with van der Waals surface area (Å²) in [5.41, 5.74) is 7.00. The van der Waals surface area contributed by atoms with Gasteiger partial charge in [0.2, 0.25) is 5.91 Å². The number of anilines is 1. The Morgan fingerprint density at radius 2 is 2.16 bits per heavy atom. The van der Waals surface area contributed by atoms with Gasteiger partial charge in [-0.05, 0) is 30.3 Å². The van der Waals surface area contributed by atoms with E-state index in [1.54, 1.807) is 22.9 Å². The quantitative estimate of drug-likeness (QED) is 0.843. The van der Waals surface area contributed by atoms with Crippen LogP contribution in [0.15, 0.2) is 47.1 Å². The van der Waals surface area contributed by atoms with Gasteiger partial charge in [0, 0.05) is 16.4 Å². The highest BCUT2D eigenvalue weighted by atomic mass is 79.9. The molecule has 0 spiro atoms. The first kappa shape index (κ1) is 13.8. The van der Waals surface area contributed by atoms with Crippen LogP contribution in [-0.2, 0) is 11.3 Å². The van der Waals surface area contributed by atoms with E-state index < -0.39 is 0 Å². The third-order valence-corrected chi connectivity index (χ3v) is 3.21. The molecule has 0 unspecified atom stereocenters. The number of halogens is 1. The van der Waals surface area contributed by atoms with E-state index in [1.807, 2.05) is 24.3 Å². The molecule has 1 aromatic heterocycles. The van der Waals surface area contributed by atoms with Gasteiger partial charge in [0.15, 0.2) is 0 Å². The molecule has 1 amide bonds. The molecule has 4 nitrogen and oxygen atoms in total. The number of aromatic nitrogens is 1. The largest absolute Gasteiger partial charge is 0.388 e. The maximum Gasteiger partial charge on any atom is 0.244 e. The van der Waals surface area contributed by atoms with Crippen LogP contribution in [0.25, 0.3) is 0 Å². The van der Waals surface area contributed by atoms with Gasteiger partial charge in [-0.3, -0.25) is 4.79 Å². The van der Waals surface area contributed by atoms with Crippen molar-refractivity contribution in [3.8, 4) is 0 Å². The number of nitrogens with two attached hydrogens (primary N) is 1. The van der Waals surface area contributed by atoms with Gasteiger partial charge in [-0.1, -0.05) is 34.2 Å². The van der Waals surface area contributed by atoms with Gasteiger partial charge in [0.25, 0.3) is 0 Å². The first-order valence-electron chi connectivity index (χ1n) is 5.56. The second-order valence-electron chi connectivity index (χ2n) is 3.94. The summed E-state index contributed by atoms with van der Waals surface area (Å²) in [6.07, 6.45) is 1.77. The zero-order valence-electron chi connectivity index (χ0n) is 9.97. The van der Waals surface area contributed by atoms with E-state index in [0.717, 1.165) is 10.2 Å². The maximum atomic E-state index is 11.9. The first-order chi connectivity index (χ1) is 9.06. The molecule has 0 aliphatic rings. The number of nitrogens with zero attached hydrogens (tertiary/aromatic N) is 1. The predicted molar refractivity (Wildman–Crippen MR) is 83.1 cm³/mol. The SMILES string of the molecule is NC(=S)c1cccn1CC(=O)Nc1cccc(Br)c1. The molecule has 0 saturated heterocycles. The highest BCUT2D eigenvalue weighted by Crippen LogP contribution is 2.15. The van der Waals surface area contributed by atoms with Crippen LogP contribution in [0.3, 0.4) is 0 Å². The molecule has 0 radical (unpaired) electrons. The third-order valence-electron chi connectivity index (χ3n) is 2.50. The van der Waals surface area contributed by atoms with Crippen molar-refractivity contribution >= 4 is 44.7 Å². The van der Waals surface area contributed by atoms with E-state index in [2.05, 4.69) is 21.2 Å². The second kappa shape index (κ2) is 5.99. The number of hydrogen-bond acceptors (Lipinski definition) is 2. The van der Waals surface area contributed by atoms with Gasteiger partial charge in [0.1, 0.15) is 11.5 Å². The maximum absolute atomic E-state index is 11.9. The van der Waals surface area contributed by atoms with E-state index >= 15 is 0 Å². The van der Waals surface area contributed by atoms with E-state index in [9.17, 15) is 4.79 Å². The highest BCUT2D eigenvalue weighted by molar-refractivity contribution is 9.10. The van der Waals surface area contributed by atoms with Gasteiger partial charge < -0.3 is 15.6 Å². The minimum Gasteiger partial charge on any atom is -0.388 e. The Hall–Kier alpha value is -1.66. The summed E-state index contributed by atoms with van der Waals surface area (Å²) in [5, 5.41) is 2.81. The third kappa shape index (κ3) is 3.65. The van der Waals surface area contributed by atoms with Crippen LogP contribution < -0.4 is 11.1 Å². The topological polar surface area (TPSA) is 60.0 Å². The molecule has 6 heteroatoms. The fourth-order valence-electron chi connectivity index (χ4n) is 1.70.